The number of aromatic nitrogens is 2. The first kappa shape index (κ1) is 12.7. The van der Waals surface area contributed by atoms with Crippen molar-refractivity contribution in [2.75, 3.05) is 36.1 Å². The summed E-state index contributed by atoms with van der Waals surface area (Å²) in [6, 6.07) is 1.52. The number of nitrogens with one attached hydrogen (secondary N) is 1. The number of β-amino-alcohol motifs (C(OH)–C–C–N with tert-alkyl or cyclic N) is 1. The molecule has 1 saturated heterocycles. The van der Waals surface area contributed by atoms with Gasteiger partial charge in [0.2, 0.25) is 5.95 Å². The quantitative estimate of drug-likeness (QED) is 0.708. The van der Waals surface area contributed by atoms with Crippen LogP contribution in [0.25, 0.3) is 0 Å². The molecule has 0 bridgehead atoms. The molecular weight excluding hydrogens is 244 g/mol. The lowest BCUT2D eigenvalue weighted by Gasteiger charge is -2.36. The van der Waals surface area contributed by atoms with E-state index in [0.717, 1.165) is 0 Å². The molecule has 1 fully saturated rings. The average molecular weight is 259 g/mol. The topological polar surface area (TPSA) is 87.3 Å². The number of aliphatic hydroxyl groups excluding tert-OH is 1. The maximum atomic E-state index is 13.4. The van der Waals surface area contributed by atoms with Crippen LogP contribution in [0.2, 0.25) is 0 Å². The summed E-state index contributed by atoms with van der Waals surface area (Å²) in [5.41, 5.74) is 5.51. The number of rotatable bonds is 2. The third-order valence-corrected chi connectivity index (χ3v) is 2.70. The van der Waals surface area contributed by atoms with E-state index < -0.39 is 25.0 Å². The fourth-order valence-electron chi connectivity index (χ4n) is 1.99. The summed E-state index contributed by atoms with van der Waals surface area (Å²) in [7, 11) is 1.64. The Labute approximate surface area is 103 Å². The Morgan fingerprint density at radius 1 is 1.56 bits per heavy atom. The van der Waals surface area contributed by atoms with Crippen LogP contribution < -0.4 is 16.0 Å². The highest BCUT2D eigenvalue weighted by Gasteiger charge is 2.40. The summed E-state index contributed by atoms with van der Waals surface area (Å²) < 4.78 is 26.8. The number of alkyl halides is 2. The minimum atomic E-state index is -2.93. The van der Waals surface area contributed by atoms with E-state index >= 15 is 0 Å². The number of nitrogen functional groups attached to an aromatic ring is 1. The van der Waals surface area contributed by atoms with Crippen LogP contribution in [-0.4, -0.2) is 47.2 Å². The molecule has 1 aliphatic heterocycles. The van der Waals surface area contributed by atoms with E-state index in [0.29, 0.717) is 5.82 Å². The van der Waals surface area contributed by atoms with Gasteiger partial charge in [-0.1, -0.05) is 0 Å². The van der Waals surface area contributed by atoms with Crippen molar-refractivity contribution in [2.24, 2.45) is 0 Å². The SMILES string of the molecule is CNc1cc(N2C[C@@H](O)CC(F)(F)C2)nc(N)n1. The summed E-state index contributed by atoms with van der Waals surface area (Å²) in [4.78, 5) is 9.11. The lowest BCUT2D eigenvalue weighted by atomic mass is 10.0. The van der Waals surface area contributed by atoms with E-state index in [2.05, 4.69) is 15.3 Å². The smallest absolute Gasteiger partial charge is 0.267 e. The lowest BCUT2D eigenvalue weighted by molar-refractivity contribution is -0.0531. The molecule has 0 aliphatic carbocycles. The van der Waals surface area contributed by atoms with E-state index in [4.69, 9.17) is 5.73 Å². The van der Waals surface area contributed by atoms with Crippen LogP contribution in [0.4, 0.5) is 26.4 Å². The molecule has 8 heteroatoms. The second-order valence-corrected chi connectivity index (χ2v) is 4.31. The molecule has 0 amide bonds. The first-order valence-corrected chi connectivity index (χ1v) is 5.53. The maximum absolute atomic E-state index is 13.4. The molecule has 0 spiro atoms. The van der Waals surface area contributed by atoms with Crippen LogP contribution in [0, 0.1) is 0 Å². The van der Waals surface area contributed by atoms with Gasteiger partial charge in [-0.2, -0.15) is 9.97 Å². The minimum absolute atomic E-state index is 0.000213. The predicted molar refractivity (Wildman–Crippen MR) is 63.8 cm³/mol. The number of hydrogen-bond acceptors (Lipinski definition) is 6. The molecule has 2 heterocycles. The molecule has 0 saturated carbocycles. The number of hydrogen-bond donors (Lipinski definition) is 3. The zero-order valence-corrected chi connectivity index (χ0v) is 9.90. The van der Waals surface area contributed by atoms with Gasteiger partial charge < -0.3 is 21.1 Å². The standard InChI is InChI=1S/C10H15F2N5O/c1-14-7-2-8(16-9(13)15-7)17-4-6(18)3-10(11,12)5-17/h2,6,18H,3-5H2,1H3,(H3,13,14,15,16)/t6-/m0/s1. The van der Waals surface area contributed by atoms with E-state index in [1.54, 1.807) is 7.05 Å². The minimum Gasteiger partial charge on any atom is -0.391 e. The van der Waals surface area contributed by atoms with Gasteiger partial charge in [-0.05, 0) is 0 Å². The Kier molecular flexibility index (Phi) is 3.20. The monoisotopic (exact) mass is 259 g/mol. The number of aliphatic hydroxyl groups is 1. The van der Waals surface area contributed by atoms with Gasteiger partial charge in [0.25, 0.3) is 5.92 Å². The van der Waals surface area contributed by atoms with Gasteiger partial charge >= 0.3 is 0 Å². The van der Waals surface area contributed by atoms with Crippen molar-refractivity contribution in [3.05, 3.63) is 6.07 Å². The van der Waals surface area contributed by atoms with Gasteiger partial charge in [0, 0.05) is 26.1 Å². The van der Waals surface area contributed by atoms with Crippen molar-refractivity contribution in [1.29, 1.82) is 0 Å². The molecule has 1 aliphatic rings. The molecule has 4 N–H and O–H groups in total. The molecule has 0 radical (unpaired) electrons. The van der Waals surface area contributed by atoms with Crippen LogP contribution in [-0.2, 0) is 0 Å². The van der Waals surface area contributed by atoms with Crippen LogP contribution in [0.15, 0.2) is 6.07 Å². The molecule has 18 heavy (non-hydrogen) atoms. The van der Waals surface area contributed by atoms with E-state index in [1.807, 2.05) is 0 Å². The number of nitrogens with zero attached hydrogens (tertiary/aromatic N) is 3. The highest BCUT2D eigenvalue weighted by Crippen LogP contribution is 2.30. The molecule has 6 nitrogen and oxygen atoms in total. The van der Waals surface area contributed by atoms with Gasteiger partial charge in [0.05, 0.1) is 12.6 Å². The van der Waals surface area contributed by atoms with Crippen molar-refractivity contribution < 1.29 is 13.9 Å². The summed E-state index contributed by atoms with van der Waals surface area (Å²) in [5.74, 6) is -2.21. The highest BCUT2D eigenvalue weighted by atomic mass is 19.3. The Hall–Kier alpha value is -1.70. The van der Waals surface area contributed by atoms with E-state index in [9.17, 15) is 13.9 Å². The van der Waals surface area contributed by atoms with Crippen molar-refractivity contribution in [3.63, 3.8) is 0 Å². The van der Waals surface area contributed by atoms with Gasteiger partial charge in [-0.3, -0.25) is 0 Å². The molecular formula is C10H15F2N5O. The van der Waals surface area contributed by atoms with E-state index in [1.165, 1.54) is 11.0 Å². The fraction of sp³-hybridized carbons (Fsp3) is 0.600. The van der Waals surface area contributed by atoms with Gasteiger partial charge in [0.1, 0.15) is 11.6 Å². The van der Waals surface area contributed by atoms with Crippen molar-refractivity contribution >= 4 is 17.6 Å². The Morgan fingerprint density at radius 3 is 2.89 bits per heavy atom. The second-order valence-electron chi connectivity index (χ2n) is 4.31. The van der Waals surface area contributed by atoms with Crippen LogP contribution in [0.1, 0.15) is 6.42 Å². The lowest BCUT2D eigenvalue weighted by Crippen LogP contribution is -2.49. The zero-order valence-electron chi connectivity index (χ0n) is 9.90. The summed E-state index contributed by atoms with van der Waals surface area (Å²) in [6.45, 7) is -0.376. The number of nitrogens with two attached hydrogens (primary N) is 1. The molecule has 1 aromatic rings. The first-order valence-electron chi connectivity index (χ1n) is 5.53. The predicted octanol–water partition coefficient (Wildman–Crippen LogP) is 0.307. The van der Waals surface area contributed by atoms with Gasteiger partial charge in [0.15, 0.2) is 0 Å². The van der Waals surface area contributed by atoms with Crippen molar-refractivity contribution in [1.82, 2.24) is 9.97 Å². The molecule has 1 atom stereocenters. The van der Waals surface area contributed by atoms with E-state index in [-0.39, 0.29) is 18.3 Å². The normalized spacial score (nSPS) is 22.9. The van der Waals surface area contributed by atoms with Gasteiger partial charge in [-0.15, -0.1) is 0 Å². The Balaban J connectivity index is 2.27. The first-order chi connectivity index (χ1) is 8.39. The number of anilines is 3. The molecule has 0 unspecified atom stereocenters. The van der Waals surface area contributed by atoms with Crippen molar-refractivity contribution in [2.45, 2.75) is 18.4 Å². The van der Waals surface area contributed by atoms with Crippen LogP contribution in [0.3, 0.4) is 0 Å². The Morgan fingerprint density at radius 2 is 2.28 bits per heavy atom. The largest absolute Gasteiger partial charge is 0.391 e. The third-order valence-electron chi connectivity index (χ3n) is 2.70. The fourth-order valence-corrected chi connectivity index (χ4v) is 1.99. The van der Waals surface area contributed by atoms with Crippen molar-refractivity contribution in [3.8, 4) is 0 Å². The molecule has 100 valence electrons. The van der Waals surface area contributed by atoms with Crippen LogP contribution in [0.5, 0.6) is 0 Å². The molecule has 0 aromatic carbocycles. The maximum Gasteiger partial charge on any atom is 0.267 e. The summed E-state index contributed by atoms with van der Waals surface area (Å²) in [6.07, 6.45) is -1.61. The summed E-state index contributed by atoms with van der Waals surface area (Å²) in [5, 5.41) is 12.2. The zero-order chi connectivity index (χ0) is 13.3. The average Bonchev–Trinajstić information content (AvgIpc) is 2.25. The Bertz CT molecular complexity index is 442. The number of halogens is 2. The summed E-state index contributed by atoms with van der Waals surface area (Å²) >= 11 is 0. The third kappa shape index (κ3) is 2.76. The van der Waals surface area contributed by atoms with Gasteiger partial charge in [-0.25, -0.2) is 8.78 Å². The number of piperidine rings is 1. The molecule has 1 aromatic heterocycles. The highest BCUT2D eigenvalue weighted by molar-refractivity contribution is 5.52. The van der Waals surface area contributed by atoms with Crippen LogP contribution >= 0.6 is 0 Å². The second kappa shape index (κ2) is 4.52. The molecule has 2 rings (SSSR count).